The summed E-state index contributed by atoms with van der Waals surface area (Å²) in [7, 11) is 0. The molecule has 2 aliphatic heterocycles. The van der Waals surface area contributed by atoms with Gasteiger partial charge in [-0.2, -0.15) is 10.5 Å². The summed E-state index contributed by atoms with van der Waals surface area (Å²) in [6.45, 7) is 25.5. The Hall–Kier alpha value is -12.9. The Labute approximate surface area is 662 Å². The van der Waals surface area contributed by atoms with Crippen molar-refractivity contribution < 1.29 is 17.8 Å². The molecule has 3 aromatic heterocycles. The number of fused-ring (bicyclic) bond motifs is 13. The fourth-order valence-corrected chi connectivity index (χ4v) is 17.0. The minimum atomic E-state index is -0.828. The minimum absolute atomic E-state index is 0.0840. The van der Waals surface area contributed by atoms with E-state index in [1.807, 2.05) is 107 Å². The van der Waals surface area contributed by atoms with Gasteiger partial charge in [0.1, 0.15) is 11.6 Å². The average molecular weight is 1430 g/mol. The second-order valence-corrected chi connectivity index (χ2v) is 33.4. The highest BCUT2D eigenvalue weighted by molar-refractivity contribution is 7.00. The van der Waals surface area contributed by atoms with Crippen molar-refractivity contribution in [2.24, 2.45) is 0 Å². The minimum Gasteiger partial charge on any atom is -0.310 e. The van der Waals surface area contributed by atoms with Crippen LogP contribution in [0.25, 0.3) is 116 Å². The molecule has 0 saturated heterocycles. The maximum absolute atomic E-state index is 12.7. The lowest BCUT2D eigenvalue weighted by atomic mass is 9.33. The molecule has 17 aromatic rings. The van der Waals surface area contributed by atoms with Crippen molar-refractivity contribution in [1.82, 2.24) is 13.7 Å². The third-order valence-electron chi connectivity index (χ3n) is 22.6. The molecule has 0 aliphatic carbocycles. The van der Waals surface area contributed by atoms with Crippen LogP contribution in [-0.2, 0) is 21.7 Å². The monoisotopic (exact) mass is 1430 g/mol. The van der Waals surface area contributed by atoms with E-state index >= 15 is 0 Å². The topological polar surface area (TPSA) is 68.8 Å². The van der Waals surface area contributed by atoms with Crippen molar-refractivity contribution in [2.45, 2.75) is 105 Å². The van der Waals surface area contributed by atoms with E-state index in [0.717, 1.165) is 99.4 Å². The fourth-order valence-electron chi connectivity index (χ4n) is 17.0. The molecule has 0 N–H and O–H groups in total. The largest absolute Gasteiger partial charge is 0.310 e. The average Bonchev–Trinajstić information content (AvgIpc) is 1.08. The Kier molecular flexibility index (Phi) is 12.3. The van der Waals surface area contributed by atoms with Gasteiger partial charge in [0.05, 0.1) is 85.3 Å². The second-order valence-electron chi connectivity index (χ2n) is 33.4. The van der Waals surface area contributed by atoms with Gasteiger partial charge in [0.2, 0.25) is 0 Å². The summed E-state index contributed by atoms with van der Waals surface area (Å²) >= 11 is 0. The SMILES string of the molecule is [2H]c1c([2H])c([2H])c(-c2ccc3c(c2)N(c2cccc(-n4c5ccc(C#N)cc5c5cc(C(C)(C)C)ccc54)c2C#N)c2cc(-n4c5c([2H])c([2H])c([2H])c([2H])c5c5c([2H])c([2H])c([2H])c([2H])c54)cc4c2B3c2ccc(-n3c5ccc(C(C)(C)C)cc5c5cc(C(C)(C)C)ccc53)cc2N4c2c(-c3ccccc3)cc(C(C)(C)C)cc2-c2ccccc2)c([2H])c1[2H]. The standard InChI is InChI=1S/C102H84BN7/c1-99(2,3)68-41-48-89-80(54-68)81-55-69(100(4,5)6)42-49-90(81)106(89)72-44-46-84-94(58-72)110(98-76(65-29-18-14-19-30-65)56-71(102(10,11)12)57-77(98)66-31-20-15-21-32-66)96-60-73(107-85-35-24-22-33-74(85)75-34-23-25-36-86(75)107)59-95-97(96)103(84)83-45-40-67(64-27-16-13-17-28-64)52-93(83)109(95)88-38-26-37-87(82(88)62-105)108-91-47-39-63(61-104)51-78(91)79-53-70(101(7,8)9)43-50-92(79)108/h13-60H,1-12H3/i13D,16D,17D,22D,23D,24D,25D,27D,28D,33D,34D,35D,36D. The molecule has 0 saturated carbocycles. The summed E-state index contributed by atoms with van der Waals surface area (Å²) < 4.78 is 131. The highest BCUT2D eigenvalue weighted by Crippen LogP contribution is 2.54. The van der Waals surface area contributed by atoms with Crippen LogP contribution in [-0.4, -0.2) is 20.4 Å². The third-order valence-corrected chi connectivity index (χ3v) is 22.6. The van der Waals surface area contributed by atoms with Gasteiger partial charge < -0.3 is 23.5 Å². The van der Waals surface area contributed by atoms with Crippen molar-refractivity contribution in [2.75, 3.05) is 9.80 Å². The normalized spacial score (nSPS) is 14.7. The number of hydrogen-bond acceptors (Lipinski definition) is 4. The third kappa shape index (κ3) is 10.7. The molecule has 7 nitrogen and oxygen atoms in total. The van der Waals surface area contributed by atoms with Gasteiger partial charge >= 0.3 is 0 Å². The van der Waals surface area contributed by atoms with Crippen LogP contribution in [0, 0.1) is 22.7 Å². The maximum Gasteiger partial charge on any atom is 0.252 e. The van der Waals surface area contributed by atoms with Gasteiger partial charge in [-0.3, -0.25) is 0 Å². The molecule has 110 heavy (non-hydrogen) atoms. The first kappa shape index (κ1) is 54.7. The van der Waals surface area contributed by atoms with Crippen molar-refractivity contribution in [3.63, 3.8) is 0 Å². The number of hydrogen-bond donors (Lipinski definition) is 0. The second kappa shape index (κ2) is 24.8. The number of aromatic nitrogens is 3. The van der Waals surface area contributed by atoms with Crippen LogP contribution in [0.2, 0.25) is 0 Å². The van der Waals surface area contributed by atoms with E-state index in [4.69, 9.17) is 1.37 Å². The van der Waals surface area contributed by atoms with Crippen LogP contribution in [0.4, 0.5) is 34.1 Å². The Morgan fingerprint density at radius 3 is 1.29 bits per heavy atom. The molecule has 0 atom stereocenters. The zero-order chi connectivity index (χ0) is 86.9. The van der Waals surface area contributed by atoms with Gasteiger partial charge in [-0.15, -0.1) is 0 Å². The number of para-hydroxylation sites is 2. The molecule has 5 heterocycles. The van der Waals surface area contributed by atoms with Crippen molar-refractivity contribution in [3.05, 3.63) is 324 Å². The Balaban J connectivity index is 1.04. The van der Waals surface area contributed by atoms with E-state index in [0.29, 0.717) is 56.1 Å². The molecule has 0 amide bonds. The van der Waals surface area contributed by atoms with Gasteiger partial charge in [0.25, 0.3) is 6.71 Å². The van der Waals surface area contributed by atoms with E-state index in [2.05, 4.69) is 208 Å². The van der Waals surface area contributed by atoms with E-state index in [-0.39, 0.29) is 60.4 Å². The van der Waals surface area contributed by atoms with Gasteiger partial charge in [0, 0.05) is 71.9 Å². The summed E-state index contributed by atoms with van der Waals surface area (Å²) in [5.74, 6) is 0. The fraction of sp³-hybridized carbons (Fsp3) is 0.157. The van der Waals surface area contributed by atoms with Crippen molar-refractivity contribution >= 4 is 123 Å². The van der Waals surface area contributed by atoms with Gasteiger partial charge in [0.15, 0.2) is 0 Å². The van der Waals surface area contributed by atoms with Crippen LogP contribution in [0.5, 0.6) is 0 Å². The van der Waals surface area contributed by atoms with Crippen LogP contribution in [0.15, 0.2) is 291 Å². The molecule has 2 aliphatic rings. The van der Waals surface area contributed by atoms with Gasteiger partial charge in [-0.1, -0.05) is 253 Å². The lowest BCUT2D eigenvalue weighted by Gasteiger charge is -2.45. The molecule has 0 bridgehead atoms. The molecule has 0 fully saturated rings. The maximum atomic E-state index is 12.7. The lowest BCUT2D eigenvalue weighted by Crippen LogP contribution is -2.61. The molecule has 0 radical (unpaired) electrons. The summed E-state index contributed by atoms with van der Waals surface area (Å²) in [4.78, 5) is 4.28. The van der Waals surface area contributed by atoms with Gasteiger partial charge in [-0.25, -0.2) is 0 Å². The van der Waals surface area contributed by atoms with Crippen molar-refractivity contribution in [3.8, 4) is 62.6 Å². The zero-order valence-electron chi connectivity index (χ0n) is 76.4. The highest BCUT2D eigenvalue weighted by atomic mass is 15.2. The van der Waals surface area contributed by atoms with Crippen LogP contribution in [0.3, 0.4) is 0 Å². The predicted molar refractivity (Wildman–Crippen MR) is 464 cm³/mol. The van der Waals surface area contributed by atoms with E-state index in [9.17, 15) is 27.0 Å². The van der Waals surface area contributed by atoms with E-state index < -0.39 is 90.7 Å². The first-order valence-corrected chi connectivity index (χ1v) is 37.5. The highest BCUT2D eigenvalue weighted by Gasteiger charge is 2.46. The van der Waals surface area contributed by atoms with E-state index in [1.165, 1.54) is 0 Å². The molecule has 14 aromatic carbocycles. The molecular formula is C102H84BN7. The smallest absolute Gasteiger partial charge is 0.252 e. The Bertz CT molecular complexity index is 7390. The molecular weight excluding hydrogens is 1330 g/mol. The first-order valence-electron chi connectivity index (χ1n) is 44.0. The number of benzene rings is 14. The first-order chi connectivity index (χ1) is 58.4. The van der Waals surface area contributed by atoms with E-state index in [1.54, 1.807) is 16.7 Å². The predicted octanol–water partition coefficient (Wildman–Crippen LogP) is 25.0. The number of nitrogens with zero attached hydrogens (tertiary/aromatic N) is 7. The van der Waals surface area contributed by atoms with Crippen LogP contribution in [0.1, 0.15) is 134 Å². The Morgan fingerprint density at radius 2 is 0.764 bits per heavy atom. The number of rotatable bonds is 8. The van der Waals surface area contributed by atoms with Crippen LogP contribution >= 0.6 is 0 Å². The molecule has 19 rings (SSSR count). The molecule has 530 valence electrons. The molecule has 0 spiro atoms. The summed E-state index contributed by atoms with van der Waals surface area (Å²) in [5, 5.41) is 26.7. The van der Waals surface area contributed by atoms with Gasteiger partial charge in [-0.05, 0) is 204 Å². The number of anilines is 6. The van der Waals surface area contributed by atoms with Crippen LogP contribution < -0.4 is 26.2 Å². The lowest BCUT2D eigenvalue weighted by molar-refractivity contribution is 0.590. The Morgan fingerprint density at radius 1 is 0.309 bits per heavy atom. The molecule has 8 heteroatoms. The van der Waals surface area contributed by atoms with Crippen molar-refractivity contribution in [1.29, 1.82) is 10.5 Å². The molecule has 0 unspecified atom stereocenters. The summed E-state index contributed by atoms with van der Waals surface area (Å²) in [6.07, 6.45) is 0. The summed E-state index contributed by atoms with van der Waals surface area (Å²) in [5.41, 5.74) is 17.0. The number of nitriles is 2. The zero-order valence-corrected chi connectivity index (χ0v) is 63.4. The summed E-state index contributed by atoms with van der Waals surface area (Å²) in [6, 6.07) is 69.9. The quantitative estimate of drug-likeness (QED) is 0.142.